The monoisotopic (exact) mass is 360 g/mol. The molecule has 3 rings (SSSR count). The Morgan fingerprint density at radius 3 is 1.81 bits per heavy atom. The molecule has 4 heteroatoms. The maximum atomic E-state index is 4.52. The molecular formula is C23H28N4. The van der Waals surface area contributed by atoms with Crippen molar-refractivity contribution in [3.8, 4) is 0 Å². The second-order valence-corrected chi connectivity index (χ2v) is 7.12. The number of para-hydroxylation sites is 1. The molecule has 0 atom stereocenters. The highest BCUT2D eigenvalue weighted by Gasteiger charge is 2.15. The Balaban J connectivity index is 1.85. The lowest BCUT2D eigenvalue weighted by atomic mass is 10.1. The highest BCUT2D eigenvalue weighted by molar-refractivity contribution is 5.53. The Morgan fingerprint density at radius 1 is 0.741 bits per heavy atom. The fraction of sp³-hybridized carbons (Fsp3) is 0.304. The van der Waals surface area contributed by atoms with Crippen molar-refractivity contribution in [1.29, 1.82) is 0 Å². The van der Waals surface area contributed by atoms with Crippen molar-refractivity contribution in [2.75, 3.05) is 11.9 Å². The molecule has 0 N–H and O–H groups in total. The predicted molar refractivity (Wildman–Crippen MR) is 111 cm³/mol. The average molecular weight is 361 g/mol. The van der Waals surface area contributed by atoms with Crippen LogP contribution in [0.5, 0.6) is 0 Å². The quantitative estimate of drug-likeness (QED) is 0.591. The van der Waals surface area contributed by atoms with Gasteiger partial charge in [-0.1, -0.05) is 30.3 Å². The van der Waals surface area contributed by atoms with Crippen molar-refractivity contribution >= 4 is 5.69 Å². The van der Waals surface area contributed by atoms with Crippen molar-refractivity contribution in [1.82, 2.24) is 14.9 Å². The van der Waals surface area contributed by atoms with E-state index in [2.05, 4.69) is 77.1 Å². The third kappa shape index (κ3) is 5.38. The maximum absolute atomic E-state index is 4.52. The van der Waals surface area contributed by atoms with E-state index in [0.717, 1.165) is 31.0 Å². The molecule has 0 saturated heterocycles. The van der Waals surface area contributed by atoms with E-state index < -0.39 is 0 Å². The van der Waals surface area contributed by atoms with Gasteiger partial charge >= 0.3 is 0 Å². The number of nitrogens with zero attached hydrogens (tertiary/aromatic N) is 4. The Bertz CT molecular complexity index is 777. The molecule has 4 nitrogen and oxygen atoms in total. The highest BCUT2D eigenvalue weighted by Crippen LogP contribution is 2.24. The summed E-state index contributed by atoms with van der Waals surface area (Å²) < 4.78 is 0. The van der Waals surface area contributed by atoms with Crippen LogP contribution in [-0.2, 0) is 19.6 Å². The summed E-state index contributed by atoms with van der Waals surface area (Å²) in [6, 6.07) is 21.3. The average Bonchev–Trinajstić information content (AvgIpc) is 2.69. The number of benzene rings is 1. The topological polar surface area (TPSA) is 32.3 Å². The van der Waals surface area contributed by atoms with Crippen LogP contribution < -0.4 is 4.90 Å². The molecule has 0 aliphatic rings. The zero-order valence-corrected chi connectivity index (χ0v) is 16.4. The largest absolute Gasteiger partial charge is 0.372 e. The van der Waals surface area contributed by atoms with Gasteiger partial charge in [-0.05, 0) is 49.7 Å². The number of hydrogen-bond donors (Lipinski definition) is 0. The van der Waals surface area contributed by atoms with E-state index >= 15 is 0 Å². The van der Waals surface area contributed by atoms with E-state index in [4.69, 9.17) is 0 Å². The van der Waals surface area contributed by atoms with Gasteiger partial charge in [0.15, 0.2) is 0 Å². The molecule has 0 aliphatic heterocycles. The van der Waals surface area contributed by atoms with E-state index in [1.54, 1.807) is 0 Å². The van der Waals surface area contributed by atoms with Crippen LogP contribution in [0.15, 0.2) is 73.1 Å². The summed E-state index contributed by atoms with van der Waals surface area (Å²) in [5, 5.41) is 0. The van der Waals surface area contributed by atoms with Crippen LogP contribution in [-0.4, -0.2) is 28.0 Å². The van der Waals surface area contributed by atoms with Crippen molar-refractivity contribution in [3.63, 3.8) is 0 Å². The first-order valence-electron chi connectivity index (χ1n) is 9.46. The number of anilines is 1. The van der Waals surface area contributed by atoms with E-state index in [0.29, 0.717) is 6.04 Å². The SMILES string of the molecule is CC(C)N(C)c1ccccc1CN(Cc1ccccn1)Cc1ccccn1. The van der Waals surface area contributed by atoms with Gasteiger partial charge < -0.3 is 4.90 Å². The summed E-state index contributed by atoms with van der Waals surface area (Å²) in [4.78, 5) is 13.8. The molecule has 0 fully saturated rings. The summed E-state index contributed by atoms with van der Waals surface area (Å²) >= 11 is 0. The van der Waals surface area contributed by atoms with Gasteiger partial charge in [-0.25, -0.2) is 0 Å². The molecule has 140 valence electrons. The van der Waals surface area contributed by atoms with Crippen LogP contribution >= 0.6 is 0 Å². The van der Waals surface area contributed by atoms with Crippen LogP contribution in [0.25, 0.3) is 0 Å². The van der Waals surface area contributed by atoms with Crippen LogP contribution in [0.4, 0.5) is 5.69 Å². The molecule has 0 bridgehead atoms. The van der Waals surface area contributed by atoms with Crippen LogP contribution in [0, 0.1) is 0 Å². The van der Waals surface area contributed by atoms with Gasteiger partial charge in [0.1, 0.15) is 0 Å². The van der Waals surface area contributed by atoms with Gasteiger partial charge in [0.05, 0.1) is 11.4 Å². The van der Waals surface area contributed by atoms with Crippen molar-refractivity contribution in [2.45, 2.75) is 39.5 Å². The first kappa shape index (κ1) is 19.1. The third-order valence-electron chi connectivity index (χ3n) is 4.76. The minimum Gasteiger partial charge on any atom is -0.372 e. The molecule has 0 unspecified atom stereocenters. The maximum Gasteiger partial charge on any atom is 0.0544 e. The van der Waals surface area contributed by atoms with E-state index in [1.165, 1.54) is 11.3 Å². The lowest BCUT2D eigenvalue weighted by molar-refractivity contribution is 0.242. The van der Waals surface area contributed by atoms with Crippen molar-refractivity contribution < 1.29 is 0 Å². The summed E-state index contributed by atoms with van der Waals surface area (Å²) in [5.41, 5.74) is 4.74. The minimum absolute atomic E-state index is 0.450. The van der Waals surface area contributed by atoms with Crippen LogP contribution in [0.3, 0.4) is 0 Å². The van der Waals surface area contributed by atoms with Crippen LogP contribution in [0.1, 0.15) is 30.8 Å². The molecule has 0 aliphatic carbocycles. The molecule has 2 heterocycles. The predicted octanol–water partition coefficient (Wildman–Crippen LogP) is 4.52. The Hall–Kier alpha value is -2.72. The van der Waals surface area contributed by atoms with Gasteiger partial charge in [-0.3, -0.25) is 14.9 Å². The molecule has 3 aromatic rings. The van der Waals surface area contributed by atoms with E-state index in [9.17, 15) is 0 Å². The summed E-state index contributed by atoms with van der Waals surface area (Å²) in [5.74, 6) is 0. The summed E-state index contributed by atoms with van der Waals surface area (Å²) in [6.45, 7) is 6.86. The van der Waals surface area contributed by atoms with Crippen LogP contribution in [0.2, 0.25) is 0 Å². The van der Waals surface area contributed by atoms with E-state index in [-0.39, 0.29) is 0 Å². The second kappa shape index (κ2) is 9.28. The molecule has 0 amide bonds. The van der Waals surface area contributed by atoms with Gasteiger partial charge in [0, 0.05) is 50.8 Å². The Morgan fingerprint density at radius 2 is 1.30 bits per heavy atom. The number of rotatable bonds is 8. The number of hydrogen-bond acceptors (Lipinski definition) is 4. The lowest BCUT2D eigenvalue weighted by Crippen LogP contribution is -2.29. The molecule has 0 spiro atoms. The smallest absolute Gasteiger partial charge is 0.0544 e. The molecule has 2 aromatic heterocycles. The fourth-order valence-electron chi connectivity index (χ4n) is 3.12. The van der Waals surface area contributed by atoms with Gasteiger partial charge in [-0.15, -0.1) is 0 Å². The van der Waals surface area contributed by atoms with Crippen molar-refractivity contribution in [3.05, 3.63) is 90.0 Å². The normalized spacial score (nSPS) is 11.1. The van der Waals surface area contributed by atoms with Gasteiger partial charge in [0.25, 0.3) is 0 Å². The summed E-state index contributed by atoms with van der Waals surface area (Å²) in [7, 11) is 2.16. The molecular weight excluding hydrogens is 332 g/mol. The number of pyridine rings is 2. The molecule has 1 aromatic carbocycles. The highest BCUT2D eigenvalue weighted by atomic mass is 15.2. The summed E-state index contributed by atoms with van der Waals surface area (Å²) in [6.07, 6.45) is 3.71. The Labute approximate surface area is 162 Å². The van der Waals surface area contributed by atoms with Gasteiger partial charge in [0.2, 0.25) is 0 Å². The van der Waals surface area contributed by atoms with Crippen molar-refractivity contribution in [2.24, 2.45) is 0 Å². The lowest BCUT2D eigenvalue weighted by Gasteiger charge is -2.29. The third-order valence-corrected chi connectivity index (χ3v) is 4.76. The van der Waals surface area contributed by atoms with Gasteiger partial charge in [-0.2, -0.15) is 0 Å². The zero-order chi connectivity index (χ0) is 19.1. The van der Waals surface area contributed by atoms with E-state index in [1.807, 2.05) is 36.7 Å². The second-order valence-electron chi connectivity index (χ2n) is 7.12. The minimum atomic E-state index is 0.450. The molecule has 0 saturated carbocycles. The first-order valence-corrected chi connectivity index (χ1v) is 9.46. The standard InChI is InChI=1S/C23H28N4/c1-19(2)26(3)23-13-5-4-10-20(23)16-27(17-21-11-6-8-14-24-21)18-22-12-7-9-15-25-22/h4-15,19H,16-18H2,1-3H3. The number of aromatic nitrogens is 2. The fourth-order valence-corrected chi connectivity index (χ4v) is 3.12. The molecule has 0 radical (unpaired) electrons. The zero-order valence-electron chi connectivity index (χ0n) is 16.4. The Kier molecular flexibility index (Phi) is 6.55. The molecule has 27 heavy (non-hydrogen) atoms. The first-order chi connectivity index (χ1) is 13.1.